The number of thiophene rings is 1. The summed E-state index contributed by atoms with van der Waals surface area (Å²) in [6, 6.07) is 63.7. The van der Waals surface area contributed by atoms with Gasteiger partial charge in [-0.05, 0) is 76.9 Å². The number of aromatic nitrogens is 1. The highest BCUT2D eigenvalue weighted by Gasteiger charge is 2.24. The van der Waals surface area contributed by atoms with Crippen LogP contribution in [0.25, 0.3) is 86.9 Å². The highest BCUT2D eigenvalue weighted by atomic mass is 32.1. The summed E-state index contributed by atoms with van der Waals surface area (Å²) in [4.78, 5) is 7.48. The van der Waals surface area contributed by atoms with Crippen LogP contribution in [0.2, 0.25) is 0 Å². The van der Waals surface area contributed by atoms with E-state index in [9.17, 15) is 0 Å². The molecule has 11 rings (SSSR count). The van der Waals surface area contributed by atoms with Crippen LogP contribution in [0.15, 0.2) is 191 Å². The summed E-state index contributed by atoms with van der Waals surface area (Å²) in [6.07, 6.45) is 0. The van der Waals surface area contributed by atoms with Gasteiger partial charge < -0.3 is 13.7 Å². The molecule has 5 heteroatoms. The number of anilines is 3. The predicted octanol–water partition coefficient (Wildman–Crippen LogP) is 14.6. The molecule has 0 aliphatic carbocycles. The minimum Gasteiger partial charge on any atom is -0.456 e. The van der Waals surface area contributed by atoms with Gasteiger partial charge in [0.05, 0.1) is 10.4 Å². The van der Waals surface area contributed by atoms with Gasteiger partial charge in [0.2, 0.25) is 5.89 Å². The maximum Gasteiger partial charge on any atom is 0.227 e. The lowest BCUT2D eigenvalue weighted by molar-refractivity contribution is 0.620. The van der Waals surface area contributed by atoms with E-state index in [0.717, 1.165) is 76.9 Å². The third-order valence-corrected chi connectivity index (χ3v) is 11.5. The number of nitrogens with zero attached hydrogens (tertiary/aromatic N) is 2. The second kappa shape index (κ2) is 12.3. The number of para-hydroxylation sites is 1. The van der Waals surface area contributed by atoms with Gasteiger partial charge in [0.25, 0.3) is 0 Å². The maximum absolute atomic E-state index is 6.62. The summed E-state index contributed by atoms with van der Waals surface area (Å²) in [7, 11) is 0. The van der Waals surface area contributed by atoms with Gasteiger partial charge >= 0.3 is 0 Å². The summed E-state index contributed by atoms with van der Waals surface area (Å²) in [5, 5.41) is 4.53. The van der Waals surface area contributed by atoms with Gasteiger partial charge in [0, 0.05) is 49.2 Å². The molecule has 0 amide bonds. The molecule has 0 saturated carbocycles. The van der Waals surface area contributed by atoms with Crippen molar-refractivity contribution in [2.45, 2.75) is 0 Å². The second-order valence-corrected chi connectivity index (χ2v) is 14.6. The largest absolute Gasteiger partial charge is 0.456 e. The first-order chi connectivity index (χ1) is 26.8. The standard InChI is InChI=1S/C49H30N2O2S/c1-3-12-31(13-4-1)32-22-26-35(27-23-32)51(36-28-24-33(25-29-36)37-18-11-20-42-45(37)38-16-7-9-19-41(38)52-42)40-30-43-47(50-49(53-43)34-14-5-2-6-15-34)46-39-17-8-10-21-44(39)54-48(40)46/h1-30H. The summed E-state index contributed by atoms with van der Waals surface area (Å²) >= 11 is 1.80. The zero-order chi connectivity index (χ0) is 35.6. The van der Waals surface area contributed by atoms with Crippen LogP contribution in [-0.4, -0.2) is 4.98 Å². The number of rotatable bonds is 6. The van der Waals surface area contributed by atoms with Crippen molar-refractivity contribution in [3.05, 3.63) is 182 Å². The molecule has 8 aromatic carbocycles. The Bertz CT molecular complexity index is 3140. The molecule has 4 nitrogen and oxygen atoms in total. The SMILES string of the molecule is c1ccc(-c2ccc(N(c3ccc(-c4cccc5oc6ccccc6c45)cc3)c3cc4oc(-c5ccccc5)nc4c4c3sc3ccccc34)cc2)cc1. The van der Waals surface area contributed by atoms with Crippen molar-refractivity contribution >= 4 is 81.6 Å². The molecule has 3 aromatic heterocycles. The Morgan fingerprint density at radius 3 is 1.81 bits per heavy atom. The third kappa shape index (κ3) is 4.94. The van der Waals surface area contributed by atoms with E-state index in [-0.39, 0.29) is 0 Å². The number of fused-ring (bicyclic) bond motifs is 8. The number of hydrogen-bond acceptors (Lipinski definition) is 5. The fraction of sp³-hybridized carbons (Fsp3) is 0. The highest BCUT2D eigenvalue weighted by molar-refractivity contribution is 7.26. The molecule has 0 spiro atoms. The first kappa shape index (κ1) is 30.7. The fourth-order valence-corrected chi connectivity index (χ4v) is 9.01. The topological polar surface area (TPSA) is 42.4 Å². The molecule has 0 fully saturated rings. The Labute approximate surface area is 314 Å². The van der Waals surface area contributed by atoms with Crippen molar-refractivity contribution in [3.8, 4) is 33.7 Å². The zero-order valence-electron chi connectivity index (χ0n) is 28.9. The summed E-state index contributed by atoms with van der Waals surface area (Å²) < 4.78 is 15.2. The number of furan rings is 1. The molecule has 0 radical (unpaired) electrons. The van der Waals surface area contributed by atoms with Gasteiger partial charge in [0.1, 0.15) is 16.7 Å². The van der Waals surface area contributed by atoms with E-state index in [4.69, 9.17) is 13.8 Å². The first-order valence-electron chi connectivity index (χ1n) is 18.0. The molecule has 0 atom stereocenters. The minimum atomic E-state index is 0.614. The van der Waals surface area contributed by atoms with Crippen molar-refractivity contribution in [1.29, 1.82) is 0 Å². The second-order valence-electron chi connectivity index (χ2n) is 13.5. The Morgan fingerprint density at radius 2 is 1.06 bits per heavy atom. The van der Waals surface area contributed by atoms with E-state index in [1.54, 1.807) is 11.3 Å². The molecule has 11 aromatic rings. The maximum atomic E-state index is 6.62. The van der Waals surface area contributed by atoms with Crippen LogP contribution in [0, 0.1) is 0 Å². The van der Waals surface area contributed by atoms with Crippen LogP contribution in [0.4, 0.5) is 17.1 Å². The van der Waals surface area contributed by atoms with E-state index in [1.165, 1.54) is 21.2 Å². The minimum absolute atomic E-state index is 0.614. The molecule has 54 heavy (non-hydrogen) atoms. The van der Waals surface area contributed by atoms with E-state index in [1.807, 2.05) is 48.5 Å². The van der Waals surface area contributed by atoms with Crippen LogP contribution < -0.4 is 4.90 Å². The van der Waals surface area contributed by atoms with Crippen molar-refractivity contribution in [3.63, 3.8) is 0 Å². The normalized spacial score (nSPS) is 11.7. The average molecular weight is 711 g/mol. The molecule has 0 aliphatic heterocycles. The summed E-state index contributed by atoms with van der Waals surface area (Å²) in [5.41, 5.74) is 12.1. The molecule has 0 bridgehead atoms. The highest BCUT2D eigenvalue weighted by Crippen LogP contribution is 2.49. The number of hydrogen-bond donors (Lipinski definition) is 0. The Balaban J connectivity index is 1.13. The Hall–Kier alpha value is -6.95. The molecule has 0 saturated heterocycles. The van der Waals surface area contributed by atoms with Crippen LogP contribution in [0.5, 0.6) is 0 Å². The summed E-state index contributed by atoms with van der Waals surface area (Å²) in [6.45, 7) is 0. The Kier molecular flexibility index (Phi) is 7.00. The van der Waals surface area contributed by atoms with Crippen molar-refractivity contribution < 1.29 is 8.83 Å². The molecule has 254 valence electrons. The number of oxazole rings is 1. The van der Waals surface area contributed by atoms with E-state index in [0.29, 0.717) is 5.89 Å². The van der Waals surface area contributed by atoms with Crippen LogP contribution in [0.3, 0.4) is 0 Å². The average Bonchev–Trinajstić information content (AvgIpc) is 3.96. The van der Waals surface area contributed by atoms with Crippen molar-refractivity contribution in [2.24, 2.45) is 0 Å². The molecule has 3 heterocycles. The van der Waals surface area contributed by atoms with Gasteiger partial charge in [-0.1, -0.05) is 121 Å². The van der Waals surface area contributed by atoms with Crippen LogP contribution in [-0.2, 0) is 0 Å². The van der Waals surface area contributed by atoms with Gasteiger partial charge in [-0.25, -0.2) is 4.98 Å². The zero-order valence-corrected chi connectivity index (χ0v) is 29.8. The van der Waals surface area contributed by atoms with Gasteiger partial charge in [-0.3, -0.25) is 0 Å². The van der Waals surface area contributed by atoms with E-state index in [2.05, 4.69) is 138 Å². The van der Waals surface area contributed by atoms with Gasteiger partial charge in [0.15, 0.2) is 5.58 Å². The van der Waals surface area contributed by atoms with E-state index >= 15 is 0 Å². The smallest absolute Gasteiger partial charge is 0.227 e. The third-order valence-electron chi connectivity index (χ3n) is 10.3. The predicted molar refractivity (Wildman–Crippen MR) is 225 cm³/mol. The van der Waals surface area contributed by atoms with Crippen LogP contribution in [0.1, 0.15) is 0 Å². The van der Waals surface area contributed by atoms with Crippen molar-refractivity contribution in [1.82, 2.24) is 4.98 Å². The Morgan fingerprint density at radius 1 is 0.444 bits per heavy atom. The molecular weight excluding hydrogens is 681 g/mol. The monoisotopic (exact) mass is 710 g/mol. The van der Waals surface area contributed by atoms with E-state index < -0.39 is 0 Å². The molecular formula is C49H30N2O2S. The molecule has 0 N–H and O–H groups in total. The molecule has 0 aliphatic rings. The lowest BCUT2D eigenvalue weighted by atomic mass is 9.99. The number of benzene rings is 8. The first-order valence-corrected chi connectivity index (χ1v) is 18.8. The quantitative estimate of drug-likeness (QED) is 0.172. The molecule has 0 unspecified atom stereocenters. The fourth-order valence-electron chi connectivity index (χ4n) is 7.80. The van der Waals surface area contributed by atoms with Gasteiger partial charge in [-0.2, -0.15) is 0 Å². The van der Waals surface area contributed by atoms with Crippen LogP contribution >= 0.6 is 11.3 Å². The van der Waals surface area contributed by atoms with Gasteiger partial charge in [-0.15, -0.1) is 11.3 Å². The lowest BCUT2D eigenvalue weighted by Gasteiger charge is -2.26. The lowest BCUT2D eigenvalue weighted by Crippen LogP contribution is -2.10. The van der Waals surface area contributed by atoms with Crippen molar-refractivity contribution in [2.75, 3.05) is 4.90 Å². The summed E-state index contributed by atoms with van der Waals surface area (Å²) in [5.74, 6) is 0.614.